The fourth-order valence-electron chi connectivity index (χ4n) is 3.64. The summed E-state index contributed by atoms with van der Waals surface area (Å²) in [6.07, 6.45) is 1.20. The second kappa shape index (κ2) is 10.9. The maximum absolute atomic E-state index is 14.0. The van der Waals surface area contributed by atoms with Gasteiger partial charge in [0.05, 0.1) is 0 Å². The molecule has 1 saturated heterocycles. The van der Waals surface area contributed by atoms with Gasteiger partial charge in [0.2, 0.25) is 11.8 Å². The van der Waals surface area contributed by atoms with Gasteiger partial charge in [-0.15, -0.1) is 0 Å². The number of carbonyl (C=O) groups excluding carboxylic acids is 3. The minimum Gasteiger partial charge on any atom is -0.351 e. The number of likely N-dealkylation sites (tertiary alicyclic amines) is 1. The minimum absolute atomic E-state index is 0.0545. The number of rotatable bonds is 6. The first-order chi connectivity index (χ1) is 15.3. The Morgan fingerprint density at radius 2 is 1.84 bits per heavy atom. The van der Waals surface area contributed by atoms with Crippen LogP contribution in [0.3, 0.4) is 0 Å². The number of halogens is 2. The van der Waals surface area contributed by atoms with Crippen molar-refractivity contribution in [3.63, 3.8) is 0 Å². The predicted molar refractivity (Wildman–Crippen MR) is 121 cm³/mol. The number of amides is 4. The molecule has 1 aliphatic rings. The highest BCUT2D eigenvalue weighted by Crippen LogP contribution is 2.17. The lowest BCUT2D eigenvalue weighted by Gasteiger charge is -2.33. The molecule has 0 bridgehead atoms. The molecule has 1 aliphatic heterocycles. The van der Waals surface area contributed by atoms with E-state index in [1.54, 1.807) is 47.4 Å². The summed E-state index contributed by atoms with van der Waals surface area (Å²) in [5.41, 5.74) is 0.970. The molecule has 0 aromatic heterocycles. The molecule has 2 aromatic carbocycles. The monoisotopic (exact) mass is 460 g/mol. The molecule has 2 aromatic rings. The highest BCUT2D eigenvalue weighted by Gasteiger charge is 2.27. The molecule has 0 spiro atoms. The Labute approximate surface area is 191 Å². The molecule has 1 unspecified atom stereocenters. The van der Waals surface area contributed by atoms with E-state index in [4.69, 9.17) is 11.6 Å². The van der Waals surface area contributed by atoms with E-state index >= 15 is 0 Å². The van der Waals surface area contributed by atoms with E-state index < -0.39 is 11.9 Å². The van der Waals surface area contributed by atoms with Crippen LogP contribution in [0.1, 0.15) is 25.3 Å². The zero-order valence-corrected chi connectivity index (χ0v) is 18.5. The Hall–Kier alpha value is -3.13. The van der Waals surface area contributed by atoms with E-state index in [1.165, 1.54) is 13.0 Å². The van der Waals surface area contributed by atoms with Crippen LogP contribution in [-0.2, 0) is 16.0 Å². The maximum atomic E-state index is 14.0. The van der Waals surface area contributed by atoms with Gasteiger partial charge < -0.3 is 20.9 Å². The average Bonchev–Trinajstić information content (AvgIpc) is 2.75. The fourth-order valence-corrected chi connectivity index (χ4v) is 3.83. The zero-order chi connectivity index (χ0) is 23.1. The predicted octanol–water partition coefficient (Wildman–Crippen LogP) is 3.34. The van der Waals surface area contributed by atoms with E-state index in [9.17, 15) is 18.8 Å². The maximum Gasteiger partial charge on any atom is 0.321 e. The summed E-state index contributed by atoms with van der Waals surface area (Å²) in [6.45, 7) is 2.25. The van der Waals surface area contributed by atoms with Crippen molar-refractivity contribution in [2.45, 2.75) is 38.3 Å². The van der Waals surface area contributed by atoms with Crippen LogP contribution in [0.5, 0.6) is 0 Å². The molecule has 3 rings (SSSR count). The standard InChI is InChI=1S/C23H26ClFN4O3/c1-15(30)26-21(13-16-5-2-3-8-20(16)25)22(31)27-18-9-11-29(12-10-18)23(32)28-19-7-4-6-17(24)14-19/h2-8,14,18,21H,9-13H2,1H3,(H,26,30)(H,27,31)(H,28,32). The molecular formula is C23H26ClFN4O3. The molecule has 0 aliphatic carbocycles. The van der Waals surface area contributed by atoms with Crippen molar-refractivity contribution in [3.8, 4) is 0 Å². The average molecular weight is 461 g/mol. The highest BCUT2D eigenvalue weighted by molar-refractivity contribution is 6.30. The lowest BCUT2D eigenvalue weighted by molar-refractivity contribution is -0.128. The van der Waals surface area contributed by atoms with Crippen molar-refractivity contribution in [1.82, 2.24) is 15.5 Å². The van der Waals surface area contributed by atoms with Crippen LogP contribution in [0.15, 0.2) is 48.5 Å². The Kier molecular flexibility index (Phi) is 8.05. The van der Waals surface area contributed by atoms with Gasteiger partial charge in [-0.2, -0.15) is 0 Å². The Morgan fingerprint density at radius 3 is 2.50 bits per heavy atom. The van der Waals surface area contributed by atoms with Gasteiger partial charge in [0.1, 0.15) is 11.9 Å². The van der Waals surface area contributed by atoms with Crippen LogP contribution in [0, 0.1) is 5.82 Å². The summed E-state index contributed by atoms with van der Waals surface area (Å²) in [5, 5.41) is 8.88. The number of anilines is 1. The van der Waals surface area contributed by atoms with Gasteiger partial charge in [-0.3, -0.25) is 9.59 Å². The van der Waals surface area contributed by atoms with Gasteiger partial charge in [0, 0.05) is 43.2 Å². The van der Waals surface area contributed by atoms with Crippen molar-refractivity contribution >= 4 is 35.1 Å². The third-order valence-electron chi connectivity index (χ3n) is 5.28. The third kappa shape index (κ3) is 6.68. The van der Waals surface area contributed by atoms with Gasteiger partial charge in [0.15, 0.2) is 0 Å². The number of piperidine rings is 1. The largest absolute Gasteiger partial charge is 0.351 e. The van der Waals surface area contributed by atoms with Crippen LogP contribution in [0.4, 0.5) is 14.9 Å². The number of nitrogens with zero attached hydrogens (tertiary/aromatic N) is 1. The van der Waals surface area contributed by atoms with Gasteiger partial charge in [0.25, 0.3) is 0 Å². The first kappa shape index (κ1) is 23.5. The molecule has 0 saturated carbocycles. The molecule has 32 heavy (non-hydrogen) atoms. The molecule has 7 nitrogen and oxygen atoms in total. The summed E-state index contributed by atoms with van der Waals surface area (Å²) in [4.78, 5) is 38.5. The summed E-state index contributed by atoms with van der Waals surface area (Å²) < 4.78 is 14.0. The topological polar surface area (TPSA) is 90.5 Å². The molecule has 0 radical (unpaired) electrons. The van der Waals surface area contributed by atoms with Crippen molar-refractivity contribution < 1.29 is 18.8 Å². The van der Waals surface area contributed by atoms with E-state index in [2.05, 4.69) is 16.0 Å². The first-order valence-electron chi connectivity index (χ1n) is 10.4. The number of hydrogen-bond acceptors (Lipinski definition) is 3. The van der Waals surface area contributed by atoms with Gasteiger partial charge >= 0.3 is 6.03 Å². The summed E-state index contributed by atoms with van der Waals surface area (Å²) in [5.74, 6) is -1.16. The van der Waals surface area contributed by atoms with E-state index in [-0.39, 0.29) is 30.3 Å². The molecule has 3 N–H and O–H groups in total. The lowest BCUT2D eigenvalue weighted by Crippen LogP contribution is -2.53. The second-order valence-corrected chi connectivity index (χ2v) is 8.20. The molecule has 170 valence electrons. The van der Waals surface area contributed by atoms with E-state index in [0.29, 0.717) is 42.2 Å². The number of nitrogens with one attached hydrogen (secondary N) is 3. The summed E-state index contributed by atoms with van der Waals surface area (Å²) in [7, 11) is 0. The molecule has 1 atom stereocenters. The number of hydrogen-bond donors (Lipinski definition) is 3. The molecule has 1 fully saturated rings. The van der Waals surface area contributed by atoms with Gasteiger partial charge in [-0.25, -0.2) is 9.18 Å². The highest BCUT2D eigenvalue weighted by atomic mass is 35.5. The number of carbonyl (C=O) groups is 3. The Balaban J connectivity index is 1.53. The van der Waals surface area contributed by atoms with E-state index in [1.807, 2.05) is 0 Å². The van der Waals surface area contributed by atoms with Crippen LogP contribution < -0.4 is 16.0 Å². The molecular weight excluding hydrogens is 435 g/mol. The lowest BCUT2D eigenvalue weighted by atomic mass is 10.0. The molecule has 9 heteroatoms. The van der Waals surface area contributed by atoms with Gasteiger partial charge in [-0.1, -0.05) is 35.9 Å². The van der Waals surface area contributed by atoms with Crippen molar-refractivity contribution in [2.24, 2.45) is 0 Å². The van der Waals surface area contributed by atoms with Crippen LogP contribution in [0.25, 0.3) is 0 Å². The second-order valence-electron chi connectivity index (χ2n) is 7.76. The minimum atomic E-state index is -0.881. The van der Waals surface area contributed by atoms with E-state index in [0.717, 1.165) is 0 Å². The van der Waals surface area contributed by atoms with Crippen molar-refractivity contribution in [2.75, 3.05) is 18.4 Å². The fraction of sp³-hybridized carbons (Fsp3) is 0.348. The number of benzene rings is 2. The van der Waals surface area contributed by atoms with Gasteiger partial charge in [-0.05, 0) is 42.7 Å². The number of urea groups is 1. The Bertz CT molecular complexity index is 979. The zero-order valence-electron chi connectivity index (χ0n) is 17.7. The van der Waals surface area contributed by atoms with Crippen LogP contribution >= 0.6 is 11.6 Å². The van der Waals surface area contributed by atoms with Crippen molar-refractivity contribution in [1.29, 1.82) is 0 Å². The molecule has 4 amide bonds. The summed E-state index contributed by atoms with van der Waals surface area (Å²) in [6, 6.07) is 11.8. The van der Waals surface area contributed by atoms with Crippen LogP contribution in [-0.4, -0.2) is 47.9 Å². The SMILES string of the molecule is CC(=O)NC(Cc1ccccc1F)C(=O)NC1CCN(C(=O)Nc2cccc(Cl)c2)CC1. The van der Waals surface area contributed by atoms with Crippen LogP contribution in [0.2, 0.25) is 5.02 Å². The third-order valence-corrected chi connectivity index (χ3v) is 5.52. The molecule has 1 heterocycles. The summed E-state index contributed by atoms with van der Waals surface area (Å²) >= 11 is 5.95. The van der Waals surface area contributed by atoms with Crippen molar-refractivity contribution in [3.05, 3.63) is 64.9 Å². The first-order valence-corrected chi connectivity index (χ1v) is 10.8. The normalized spacial score (nSPS) is 15.0. The Morgan fingerprint density at radius 1 is 1.12 bits per heavy atom. The quantitative estimate of drug-likeness (QED) is 0.617. The smallest absolute Gasteiger partial charge is 0.321 e.